The Labute approximate surface area is 482 Å². The Kier molecular flexibility index (Phi) is 9.57. The lowest BCUT2D eigenvalue weighted by Gasteiger charge is -2.20. The number of para-hydroxylation sites is 5. The molecule has 0 unspecified atom stereocenters. The quantitative estimate of drug-likeness (QED) is 0.118. The number of imidazole rings is 1. The van der Waals surface area contributed by atoms with E-state index in [-0.39, 0.29) is 23.1 Å². The van der Waals surface area contributed by atoms with Crippen LogP contribution in [0, 0.1) is 6.33 Å². The molecular weight excluding hydrogens is 999 g/mol. The highest BCUT2D eigenvalue weighted by molar-refractivity contribution is 6.11. The summed E-state index contributed by atoms with van der Waals surface area (Å²) in [6.07, 6.45) is 5.74. The largest absolute Gasteiger partial charge is 0.458 e. The third-order valence-corrected chi connectivity index (χ3v) is 16.4. The lowest BCUT2D eigenvalue weighted by Crippen LogP contribution is -2.31. The maximum atomic E-state index is 9.22. The van der Waals surface area contributed by atoms with Gasteiger partial charge >= 0.3 is 0 Å². The minimum absolute atomic E-state index is 0.0704. The maximum Gasteiger partial charge on any atom is 0.269 e. The van der Waals surface area contributed by atoms with Gasteiger partial charge in [0.15, 0.2) is 0 Å². The molecule has 0 saturated heterocycles. The number of pyridine rings is 1. The molecule has 0 aliphatic carbocycles. The van der Waals surface area contributed by atoms with E-state index in [9.17, 15) is 2.74 Å². The fourth-order valence-corrected chi connectivity index (χ4v) is 12.5. The van der Waals surface area contributed by atoms with E-state index in [4.69, 9.17) is 13.8 Å². The van der Waals surface area contributed by atoms with E-state index in [1.165, 1.54) is 16.3 Å². The highest BCUT2D eigenvalue weighted by atomic mass is 16.5. The number of rotatable bonds is 7. The standard InChI is InChI=1S/C76H53N5O/c1-76(2,3)52-41-42-77-74(45-52)81-70-33-16-12-28-62(70)63-40-37-55(47-73(63)81)82-54-22-17-21-53(46-54)78-48-79-72-44-50(49-19-5-4-6-20-49)35-39-64(72)66-43-51(36-38-59(66)57-24-7-8-25-58(57)65-29-18-34-71(78)75(65)79)56-23-9-13-30-67(56)80-68-31-14-10-26-60(68)61-27-11-15-32-69(61)80/h4-47H,1-3H3/i4D,5D,6D,19D,20D. The van der Waals surface area contributed by atoms with Crippen LogP contribution >= 0.6 is 0 Å². The van der Waals surface area contributed by atoms with Crippen LogP contribution in [0.2, 0.25) is 0 Å². The van der Waals surface area contributed by atoms with Gasteiger partial charge in [-0.3, -0.25) is 13.7 Å². The second kappa shape index (κ2) is 18.5. The zero-order valence-corrected chi connectivity index (χ0v) is 45.2. The number of ether oxygens (including phenoxy) is 1. The number of fused-ring (bicyclic) bond motifs is 13. The first kappa shape index (κ1) is 42.4. The van der Waals surface area contributed by atoms with Gasteiger partial charge in [-0.05, 0) is 140 Å². The molecule has 0 N–H and O–H groups in total. The lowest BCUT2D eigenvalue weighted by molar-refractivity contribution is -0.571. The van der Waals surface area contributed by atoms with Crippen LogP contribution in [0.3, 0.4) is 0 Å². The van der Waals surface area contributed by atoms with Crippen molar-refractivity contribution in [2.45, 2.75) is 26.2 Å². The normalized spacial score (nSPS) is 12.9. The molecule has 11 aromatic carbocycles. The molecular formula is C76H53N5O. The van der Waals surface area contributed by atoms with Crippen molar-refractivity contribution in [1.29, 1.82) is 0 Å². The molecule has 1 aliphatic heterocycles. The number of aromatic nitrogens is 5. The zero-order chi connectivity index (χ0) is 59.0. The summed E-state index contributed by atoms with van der Waals surface area (Å²) in [6.45, 7) is 6.65. The van der Waals surface area contributed by atoms with Crippen LogP contribution in [0.15, 0.2) is 267 Å². The van der Waals surface area contributed by atoms with Gasteiger partial charge in [0.05, 0.1) is 57.0 Å². The van der Waals surface area contributed by atoms with Gasteiger partial charge in [-0.2, -0.15) is 0 Å². The first-order valence-electron chi connectivity index (χ1n) is 30.2. The van der Waals surface area contributed by atoms with Crippen molar-refractivity contribution in [2.24, 2.45) is 0 Å². The molecule has 388 valence electrons. The predicted molar refractivity (Wildman–Crippen MR) is 336 cm³/mol. The number of hydrogen-bond acceptors (Lipinski definition) is 2. The molecule has 0 atom stereocenters. The average molecular weight is 1060 g/mol. The summed E-state index contributed by atoms with van der Waals surface area (Å²) in [6, 6.07) is 78.4. The second-order valence-electron chi connectivity index (χ2n) is 22.2. The molecule has 1 aliphatic rings. The smallest absolute Gasteiger partial charge is 0.269 e. The van der Waals surface area contributed by atoms with E-state index in [2.05, 4.69) is 233 Å². The summed E-state index contributed by atoms with van der Waals surface area (Å²) in [7, 11) is 0. The first-order chi connectivity index (χ1) is 42.4. The Morgan fingerprint density at radius 3 is 1.79 bits per heavy atom. The third kappa shape index (κ3) is 7.56. The van der Waals surface area contributed by atoms with Crippen molar-refractivity contribution in [1.82, 2.24) is 18.7 Å². The summed E-state index contributed by atoms with van der Waals surface area (Å²) in [5, 5.41) is 4.58. The fourth-order valence-electron chi connectivity index (χ4n) is 12.5. The number of hydrogen-bond donors (Lipinski definition) is 0. The predicted octanol–water partition coefficient (Wildman–Crippen LogP) is 19.0. The van der Waals surface area contributed by atoms with Crippen molar-refractivity contribution in [3.63, 3.8) is 0 Å². The van der Waals surface area contributed by atoms with Crippen LogP contribution in [0.5, 0.6) is 11.5 Å². The van der Waals surface area contributed by atoms with Crippen molar-refractivity contribution in [2.75, 3.05) is 0 Å². The summed E-state index contributed by atoms with van der Waals surface area (Å²) in [5.74, 6) is 2.13. The van der Waals surface area contributed by atoms with E-state index in [0.29, 0.717) is 22.7 Å². The summed E-state index contributed by atoms with van der Waals surface area (Å²) < 4.78 is 60.1. The fraction of sp³-hybridized carbons (Fsp3) is 0.0526. The molecule has 0 radical (unpaired) electrons. The first-order valence-corrected chi connectivity index (χ1v) is 27.7. The minimum Gasteiger partial charge on any atom is -0.458 e. The Morgan fingerprint density at radius 1 is 0.439 bits per heavy atom. The average Bonchev–Trinajstić information content (AvgIpc) is 1.70. The van der Waals surface area contributed by atoms with Crippen LogP contribution in [0.4, 0.5) is 0 Å². The van der Waals surface area contributed by atoms with Gasteiger partial charge in [0, 0.05) is 39.4 Å². The van der Waals surface area contributed by atoms with Crippen molar-refractivity contribution < 1.29 is 16.2 Å². The van der Waals surface area contributed by atoms with Crippen LogP contribution in [-0.4, -0.2) is 18.7 Å². The van der Waals surface area contributed by atoms with Gasteiger partial charge in [-0.25, -0.2) is 4.98 Å². The van der Waals surface area contributed by atoms with E-state index in [1.807, 2.05) is 48.7 Å². The summed E-state index contributed by atoms with van der Waals surface area (Å²) >= 11 is 0. The van der Waals surface area contributed by atoms with Gasteiger partial charge in [-0.15, -0.1) is 0 Å². The molecule has 0 saturated carbocycles. The van der Waals surface area contributed by atoms with Gasteiger partial charge in [0.25, 0.3) is 6.33 Å². The minimum atomic E-state index is -0.443. The second-order valence-corrected chi connectivity index (χ2v) is 22.2. The Balaban J connectivity index is 0.897. The molecule has 0 bridgehead atoms. The molecule has 0 amide bonds. The molecule has 0 spiro atoms. The SMILES string of the molecule is [2H]c1c([2H])c([2H])c(-c2ccc3c(c2)-[n+]2[c-]n(-c4cccc(Oc5ccc6c7ccccc7n(-c7cc(C(C)(C)C)ccn7)c6c5)c4)c4cccc(c42)-c2ccccc2-c2ccc(-c4ccccc4-n4c5ccccc5c5ccccc54)cc2-3)c([2H])c1[2H]. The third-order valence-electron chi connectivity index (χ3n) is 16.4. The molecule has 15 aromatic rings. The molecule has 82 heavy (non-hydrogen) atoms. The molecule has 4 aromatic heterocycles. The van der Waals surface area contributed by atoms with Crippen molar-refractivity contribution in [3.8, 4) is 90.0 Å². The van der Waals surface area contributed by atoms with Gasteiger partial charge < -0.3 is 9.30 Å². The maximum absolute atomic E-state index is 9.22. The highest BCUT2D eigenvalue weighted by Gasteiger charge is 2.27. The monoisotopic (exact) mass is 1060 g/mol. The van der Waals surface area contributed by atoms with Crippen LogP contribution in [0.1, 0.15) is 33.2 Å². The zero-order valence-electron chi connectivity index (χ0n) is 50.2. The van der Waals surface area contributed by atoms with E-state index in [1.54, 1.807) is 0 Å². The highest BCUT2D eigenvalue weighted by Crippen LogP contribution is 2.47. The Hall–Kier alpha value is -10.6. The van der Waals surface area contributed by atoms with Crippen LogP contribution in [0.25, 0.3) is 133 Å². The van der Waals surface area contributed by atoms with E-state index >= 15 is 0 Å². The van der Waals surface area contributed by atoms with E-state index < -0.39 is 18.1 Å². The summed E-state index contributed by atoms with van der Waals surface area (Å²) in [5.41, 5.74) is 18.1. The Morgan fingerprint density at radius 2 is 1.04 bits per heavy atom. The Bertz CT molecular complexity index is 5310. The summed E-state index contributed by atoms with van der Waals surface area (Å²) in [4.78, 5) is 4.91. The van der Waals surface area contributed by atoms with Crippen molar-refractivity contribution >= 4 is 54.6 Å². The lowest BCUT2D eigenvalue weighted by atomic mass is 9.86. The van der Waals surface area contributed by atoms with Crippen LogP contribution in [-0.2, 0) is 5.41 Å². The van der Waals surface area contributed by atoms with E-state index in [0.717, 1.165) is 106 Å². The molecule has 16 rings (SSSR count). The molecule has 6 heteroatoms. The van der Waals surface area contributed by atoms with Gasteiger partial charge in [-0.1, -0.05) is 197 Å². The molecule has 5 heterocycles. The topological polar surface area (TPSA) is 40.8 Å². The number of nitrogens with zero attached hydrogens (tertiary/aromatic N) is 5. The number of benzene rings is 11. The molecule has 0 fully saturated rings. The molecule has 6 nitrogen and oxygen atoms in total. The van der Waals surface area contributed by atoms with Crippen LogP contribution < -0.4 is 9.30 Å². The van der Waals surface area contributed by atoms with Gasteiger partial charge in [0.2, 0.25) is 0 Å². The van der Waals surface area contributed by atoms with Gasteiger partial charge in [0.1, 0.15) is 17.3 Å². The van der Waals surface area contributed by atoms with Crippen molar-refractivity contribution in [3.05, 3.63) is 279 Å².